The highest BCUT2D eigenvalue weighted by atomic mass is 35.5. The lowest BCUT2D eigenvalue weighted by Gasteiger charge is -2.09. The number of hydrogen-bond acceptors (Lipinski definition) is 4. The van der Waals surface area contributed by atoms with Crippen molar-refractivity contribution < 1.29 is 4.74 Å². The van der Waals surface area contributed by atoms with E-state index in [-0.39, 0.29) is 0 Å². The van der Waals surface area contributed by atoms with Gasteiger partial charge in [-0.2, -0.15) is 0 Å². The standard InChI is InChI=1S/C14H15Cl2N3O/c1-3-17-13-7-12(18-14(19-13)8-20-2)9-4-5-10(15)11(16)6-9/h4-7H,3,8H2,1-2H3,(H,17,18,19). The number of hydrogen-bond donors (Lipinski definition) is 1. The number of aromatic nitrogens is 2. The van der Waals surface area contributed by atoms with Crippen LogP contribution in [0.5, 0.6) is 0 Å². The first kappa shape index (κ1) is 15.0. The van der Waals surface area contributed by atoms with Crippen molar-refractivity contribution >= 4 is 29.0 Å². The van der Waals surface area contributed by atoms with Crippen molar-refractivity contribution in [2.45, 2.75) is 13.5 Å². The first-order chi connectivity index (χ1) is 9.63. The summed E-state index contributed by atoms with van der Waals surface area (Å²) in [5, 5.41) is 4.20. The van der Waals surface area contributed by atoms with Crippen LogP contribution in [-0.2, 0) is 11.3 Å². The summed E-state index contributed by atoms with van der Waals surface area (Å²) in [5.41, 5.74) is 1.67. The quantitative estimate of drug-likeness (QED) is 0.905. The zero-order chi connectivity index (χ0) is 14.5. The first-order valence-corrected chi connectivity index (χ1v) is 6.95. The molecule has 1 heterocycles. The van der Waals surface area contributed by atoms with Crippen LogP contribution in [0.1, 0.15) is 12.7 Å². The molecule has 1 aromatic heterocycles. The van der Waals surface area contributed by atoms with Gasteiger partial charge in [-0.3, -0.25) is 0 Å². The molecule has 0 bridgehead atoms. The van der Waals surface area contributed by atoms with Crippen LogP contribution in [0.2, 0.25) is 10.0 Å². The monoisotopic (exact) mass is 311 g/mol. The summed E-state index contributed by atoms with van der Waals surface area (Å²) in [4.78, 5) is 8.84. The van der Waals surface area contributed by atoms with Gasteiger partial charge < -0.3 is 10.1 Å². The van der Waals surface area contributed by atoms with Crippen LogP contribution in [-0.4, -0.2) is 23.6 Å². The third-order valence-corrected chi connectivity index (χ3v) is 3.36. The lowest BCUT2D eigenvalue weighted by molar-refractivity contribution is 0.178. The Balaban J connectivity index is 2.45. The zero-order valence-electron chi connectivity index (χ0n) is 11.3. The Hall–Kier alpha value is -1.36. The van der Waals surface area contributed by atoms with Gasteiger partial charge in [-0.05, 0) is 19.1 Å². The lowest BCUT2D eigenvalue weighted by Crippen LogP contribution is -2.05. The van der Waals surface area contributed by atoms with Gasteiger partial charge in [0.15, 0.2) is 5.82 Å². The molecule has 1 aromatic carbocycles. The van der Waals surface area contributed by atoms with Gasteiger partial charge in [0.25, 0.3) is 0 Å². The second kappa shape index (κ2) is 6.88. The van der Waals surface area contributed by atoms with E-state index in [1.807, 2.05) is 19.1 Å². The minimum Gasteiger partial charge on any atom is -0.377 e. The van der Waals surface area contributed by atoms with Gasteiger partial charge in [0, 0.05) is 25.3 Å². The van der Waals surface area contributed by atoms with E-state index in [9.17, 15) is 0 Å². The smallest absolute Gasteiger partial charge is 0.157 e. The molecule has 0 atom stereocenters. The van der Waals surface area contributed by atoms with E-state index in [4.69, 9.17) is 27.9 Å². The number of benzene rings is 1. The van der Waals surface area contributed by atoms with Crippen LogP contribution in [0.3, 0.4) is 0 Å². The second-order valence-corrected chi connectivity index (χ2v) is 4.96. The highest BCUT2D eigenvalue weighted by molar-refractivity contribution is 6.42. The minimum absolute atomic E-state index is 0.355. The van der Waals surface area contributed by atoms with Gasteiger partial charge in [-0.15, -0.1) is 0 Å². The number of nitrogens with one attached hydrogen (secondary N) is 1. The molecule has 6 heteroatoms. The molecule has 0 saturated heterocycles. The Bertz CT molecular complexity index is 581. The Labute approximate surface area is 128 Å². The van der Waals surface area contributed by atoms with Crippen LogP contribution in [0, 0.1) is 0 Å². The van der Waals surface area contributed by atoms with Crippen molar-refractivity contribution in [2.75, 3.05) is 19.0 Å². The molecule has 2 rings (SSSR count). The summed E-state index contributed by atoms with van der Waals surface area (Å²) in [6, 6.07) is 7.30. The fourth-order valence-corrected chi connectivity index (χ4v) is 2.06. The Kier molecular flexibility index (Phi) is 5.17. The highest BCUT2D eigenvalue weighted by Crippen LogP contribution is 2.28. The summed E-state index contributed by atoms with van der Waals surface area (Å²) in [6.07, 6.45) is 0. The third-order valence-electron chi connectivity index (χ3n) is 2.62. The fraction of sp³-hybridized carbons (Fsp3) is 0.286. The first-order valence-electron chi connectivity index (χ1n) is 6.20. The van der Waals surface area contributed by atoms with E-state index in [0.29, 0.717) is 22.5 Å². The molecule has 0 aliphatic heterocycles. The molecule has 4 nitrogen and oxygen atoms in total. The Morgan fingerprint density at radius 1 is 1.15 bits per heavy atom. The van der Waals surface area contributed by atoms with Crippen molar-refractivity contribution in [3.8, 4) is 11.3 Å². The summed E-state index contributed by atoms with van der Waals surface area (Å²) in [6.45, 7) is 3.15. The number of anilines is 1. The maximum Gasteiger partial charge on any atom is 0.157 e. The summed E-state index contributed by atoms with van der Waals surface area (Å²) in [7, 11) is 1.61. The maximum atomic E-state index is 6.05. The second-order valence-electron chi connectivity index (χ2n) is 4.15. The molecule has 0 spiro atoms. The van der Waals surface area contributed by atoms with E-state index < -0.39 is 0 Å². The van der Waals surface area contributed by atoms with Crippen LogP contribution in [0.15, 0.2) is 24.3 Å². The number of nitrogens with zero attached hydrogens (tertiary/aromatic N) is 2. The van der Waals surface area contributed by atoms with E-state index in [1.165, 1.54) is 0 Å². The molecule has 0 aliphatic rings. The van der Waals surface area contributed by atoms with Crippen LogP contribution >= 0.6 is 23.2 Å². The number of ether oxygens (including phenoxy) is 1. The third kappa shape index (κ3) is 3.60. The van der Waals surface area contributed by atoms with Crippen LogP contribution < -0.4 is 5.32 Å². The van der Waals surface area contributed by atoms with Gasteiger partial charge in [0.05, 0.1) is 15.7 Å². The molecule has 0 amide bonds. The molecule has 1 N–H and O–H groups in total. The average molecular weight is 312 g/mol. The number of methoxy groups -OCH3 is 1. The van der Waals surface area contributed by atoms with E-state index in [1.54, 1.807) is 19.2 Å². The predicted octanol–water partition coefficient (Wildman–Crippen LogP) is 4.03. The van der Waals surface area contributed by atoms with Gasteiger partial charge in [-0.25, -0.2) is 9.97 Å². The number of halogens is 2. The minimum atomic E-state index is 0.355. The summed E-state index contributed by atoms with van der Waals surface area (Å²) in [5.74, 6) is 1.38. The largest absolute Gasteiger partial charge is 0.377 e. The van der Waals surface area contributed by atoms with Crippen molar-refractivity contribution in [2.24, 2.45) is 0 Å². The Morgan fingerprint density at radius 3 is 2.60 bits per heavy atom. The van der Waals surface area contributed by atoms with Crippen molar-refractivity contribution in [1.29, 1.82) is 0 Å². The van der Waals surface area contributed by atoms with Crippen LogP contribution in [0.4, 0.5) is 5.82 Å². The van der Waals surface area contributed by atoms with Gasteiger partial charge in [-0.1, -0.05) is 29.3 Å². The summed E-state index contributed by atoms with van der Waals surface area (Å²) < 4.78 is 5.09. The lowest BCUT2D eigenvalue weighted by atomic mass is 10.1. The van der Waals surface area contributed by atoms with Gasteiger partial charge >= 0.3 is 0 Å². The molecule has 106 valence electrons. The van der Waals surface area contributed by atoms with Crippen LogP contribution in [0.25, 0.3) is 11.3 Å². The SMILES string of the molecule is CCNc1cc(-c2ccc(Cl)c(Cl)c2)nc(COC)n1. The number of rotatable bonds is 5. The van der Waals surface area contributed by atoms with Gasteiger partial charge in [0.2, 0.25) is 0 Å². The molecule has 0 fully saturated rings. The van der Waals surface area contributed by atoms with Crippen molar-refractivity contribution in [3.05, 3.63) is 40.1 Å². The predicted molar refractivity (Wildman–Crippen MR) is 82.4 cm³/mol. The molecular weight excluding hydrogens is 297 g/mol. The molecular formula is C14H15Cl2N3O. The molecule has 0 unspecified atom stereocenters. The normalized spacial score (nSPS) is 10.6. The van der Waals surface area contributed by atoms with E-state index in [2.05, 4.69) is 15.3 Å². The topological polar surface area (TPSA) is 47.0 Å². The molecule has 0 aliphatic carbocycles. The molecule has 2 aromatic rings. The summed E-state index contributed by atoms with van der Waals surface area (Å²) >= 11 is 12.0. The fourth-order valence-electron chi connectivity index (χ4n) is 1.77. The maximum absolute atomic E-state index is 6.05. The highest BCUT2D eigenvalue weighted by Gasteiger charge is 2.08. The van der Waals surface area contributed by atoms with E-state index in [0.717, 1.165) is 23.6 Å². The van der Waals surface area contributed by atoms with Crippen molar-refractivity contribution in [1.82, 2.24) is 9.97 Å². The van der Waals surface area contributed by atoms with Crippen molar-refractivity contribution in [3.63, 3.8) is 0 Å². The molecule has 0 radical (unpaired) electrons. The average Bonchev–Trinajstić information content (AvgIpc) is 2.42. The zero-order valence-corrected chi connectivity index (χ0v) is 12.8. The van der Waals surface area contributed by atoms with E-state index >= 15 is 0 Å². The molecule has 20 heavy (non-hydrogen) atoms. The molecule has 0 saturated carbocycles. The van der Waals surface area contributed by atoms with Gasteiger partial charge in [0.1, 0.15) is 12.4 Å². The Morgan fingerprint density at radius 2 is 1.95 bits per heavy atom.